The molecule has 0 saturated heterocycles. The van der Waals surface area contributed by atoms with Gasteiger partial charge in [-0.1, -0.05) is 30.3 Å². The van der Waals surface area contributed by atoms with Crippen LogP contribution in [0.3, 0.4) is 0 Å². The maximum absolute atomic E-state index is 12.7. The molecular weight excluding hydrogens is 442 g/mol. The third kappa shape index (κ3) is 4.67. The molecule has 172 valence electrons. The fourth-order valence-corrected chi connectivity index (χ4v) is 3.22. The first-order valence-corrected chi connectivity index (χ1v) is 10.2. The van der Waals surface area contributed by atoms with Crippen LogP contribution in [-0.4, -0.2) is 44.8 Å². The molecule has 4 aromatic rings. The van der Waals surface area contributed by atoms with Crippen molar-refractivity contribution in [3.05, 3.63) is 82.5 Å². The smallest absolute Gasteiger partial charge is 0.343 e. The lowest BCUT2D eigenvalue weighted by atomic mass is 10.2. The van der Waals surface area contributed by atoms with Gasteiger partial charge in [0.15, 0.2) is 24.0 Å². The molecule has 1 N–H and O–H groups in total. The molecule has 11 heteroatoms. The summed E-state index contributed by atoms with van der Waals surface area (Å²) < 4.78 is 11.7. The largest absolute Gasteiger partial charge is 0.477 e. The second kappa shape index (κ2) is 9.77. The maximum Gasteiger partial charge on any atom is 0.343 e. The first-order chi connectivity index (χ1) is 16.5. The average Bonchev–Trinajstić information content (AvgIpc) is 3.26. The van der Waals surface area contributed by atoms with Crippen LogP contribution in [0.2, 0.25) is 0 Å². The number of rotatable bonds is 8. The highest BCUT2D eigenvalue weighted by molar-refractivity contribution is 6.01. The lowest BCUT2D eigenvalue weighted by Gasteiger charge is -2.12. The Morgan fingerprint density at radius 3 is 2.65 bits per heavy atom. The molecule has 2 aromatic carbocycles. The minimum atomic E-state index is -0.676. The summed E-state index contributed by atoms with van der Waals surface area (Å²) in [4.78, 5) is 40.2. The number of ether oxygens (including phenoxy) is 2. The highest BCUT2D eigenvalue weighted by Gasteiger charge is 2.23. The molecule has 0 bridgehead atoms. The molecule has 34 heavy (non-hydrogen) atoms. The topological polar surface area (TPSA) is 138 Å². The minimum absolute atomic E-state index is 0.0239. The highest BCUT2D eigenvalue weighted by atomic mass is 16.6. The van der Waals surface area contributed by atoms with Crippen molar-refractivity contribution < 1.29 is 24.0 Å². The number of hydrogen-bond donors (Lipinski definition) is 1. The second-order valence-corrected chi connectivity index (χ2v) is 6.96. The van der Waals surface area contributed by atoms with E-state index in [1.165, 1.54) is 29.1 Å². The lowest BCUT2D eigenvalue weighted by molar-refractivity contribution is -0.385. The van der Waals surface area contributed by atoms with Crippen LogP contribution in [0, 0.1) is 10.1 Å². The Bertz CT molecular complexity index is 1380. The summed E-state index contributed by atoms with van der Waals surface area (Å²) in [6.45, 7) is 1.25. The van der Waals surface area contributed by atoms with Crippen LogP contribution in [0.5, 0.6) is 5.75 Å². The Balaban J connectivity index is 1.62. The van der Waals surface area contributed by atoms with Gasteiger partial charge in [0.1, 0.15) is 5.56 Å². The molecule has 0 spiro atoms. The van der Waals surface area contributed by atoms with Gasteiger partial charge in [0.2, 0.25) is 0 Å². The van der Waals surface area contributed by atoms with Crippen LogP contribution in [0.1, 0.15) is 17.3 Å². The number of carbonyl (C=O) groups is 2. The van der Waals surface area contributed by atoms with Gasteiger partial charge in [-0.25, -0.2) is 9.78 Å². The van der Waals surface area contributed by atoms with Crippen molar-refractivity contribution in [2.75, 3.05) is 18.5 Å². The molecule has 0 fully saturated rings. The predicted molar refractivity (Wildman–Crippen MR) is 122 cm³/mol. The molecular formula is C23H19N5O6. The van der Waals surface area contributed by atoms with Crippen LogP contribution < -0.4 is 10.1 Å². The van der Waals surface area contributed by atoms with Crippen LogP contribution in [-0.2, 0) is 9.53 Å². The van der Waals surface area contributed by atoms with Crippen LogP contribution in [0.25, 0.3) is 16.7 Å². The number of esters is 1. The molecule has 11 nitrogen and oxygen atoms in total. The molecule has 4 rings (SSSR count). The number of hydrogen-bond acceptors (Lipinski definition) is 8. The van der Waals surface area contributed by atoms with Crippen molar-refractivity contribution in [2.24, 2.45) is 0 Å². The Morgan fingerprint density at radius 1 is 1.09 bits per heavy atom. The van der Waals surface area contributed by atoms with Gasteiger partial charge in [-0.05, 0) is 31.2 Å². The van der Waals surface area contributed by atoms with Crippen molar-refractivity contribution in [2.45, 2.75) is 6.92 Å². The molecule has 0 aliphatic carbocycles. The summed E-state index contributed by atoms with van der Waals surface area (Å²) in [5.41, 5.74) is 0.453. The number of nitrogens with zero attached hydrogens (tertiary/aromatic N) is 4. The maximum atomic E-state index is 12.7. The molecule has 0 saturated carbocycles. The van der Waals surface area contributed by atoms with Gasteiger partial charge in [-0.2, -0.15) is 9.78 Å². The van der Waals surface area contributed by atoms with E-state index in [9.17, 15) is 19.7 Å². The van der Waals surface area contributed by atoms with E-state index in [-0.39, 0.29) is 29.4 Å². The number of carbonyl (C=O) groups excluding carboxylic acids is 2. The molecule has 0 unspecified atom stereocenters. The Morgan fingerprint density at radius 2 is 1.85 bits per heavy atom. The molecule has 0 radical (unpaired) electrons. The first kappa shape index (κ1) is 22.4. The van der Waals surface area contributed by atoms with Gasteiger partial charge in [0, 0.05) is 11.5 Å². The molecule has 1 amide bonds. The number of fused-ring (bicyclic) bond motifs is 1. The van der Waals surface area contributed by atoms with Crippen LogP contribution in [0.4, 0.5) is 11.5 Å². The van der Waals surface area contributed by atoms with E-state index in [2.05, 4.69) is 15.4 Å². The Kier molecular flexibility index (Phi) is 6.44. The Hall–Kier alpha value is -4.80. The van der Waals surface area contributed by atoms with E-state index in [0.717, 1.165) is 5.39 Å². The van der Waals surface area contributed by atoms with E-state index in [1.807, 2.05) is 30.3 Å². The van der Waals surface area contributed by atoms with Crippen molar-refractivity contribution in [1.82, 2.24) is 14.8 Å². The SMILES string of the molecule is CCOC(=O)c1cnn(-c2ccc3ccccc3n2)c1NC(=O)COc1ccccc1[N+](=O)[O-]. The number of aromatic nitrogens is 3. The molecule has 0 aliphatic rings. The highest BCUT2D eigenvalue weighted by Crippen LogP contribution is 2.26. The standard InChI is InChI=1S/C23H19N5O6/c1-2-33-23(30)16-13-24-27(20-12-11-15-7-3-4-8-17(15)25-20)22(16)26-21(29)14-34-19-10-6-5-9-18(19)28(31)32/h3-13H,2,14H2,1H3,(H,26,29). The zero-order valence-electron chi connectivity index (χ0n) is 18.0. The van der Waals surface area contributed by atoms with E-state index in [0.29, 0.717) is 11.3 Å². The van der Waals surface area contributed by atoms with Gasteiger partial charge in [0.25, 0.3) is 5.91 Å². The minimum Gasteiger partial charge on any atom is -0.477 e. The Labute approximate surface area is 193 Å². The number of amides is 1. The van der Waals surface area contributed by atoms with Crippen molar-refractivity contribution >= 4 is 34.3 Å². The van der Waals surface area contributed by atoms with E-state index in [1.54, 1.807) is 19.1 Å². The molecule has 0 atom stereocenters. The summed E-state index contributed by atoms with van der Waals surface area (Å²) in [7, 11) is 0. The molecule has 2 heterocycles. The second-order valence-electron chi connectivity index (χ2n) is 6.96. The zero-order chi connectivity index (χ0) is 24.1. The molecule has 0 aliphatic heterocycles. The first-order valence-electron chi connectivity index (χ1n) is 10.2. The summed E-state index contributed by atoms with van der Waals surface area (Å²) in [5.74, 6) is -0.991. The number of nitro benzene ring substituents is 1. The lowest BCUT2D eigenvalue weighted by Crippen LogP contribution is -2.23. The number of nitro groups is 1. The predicted octanol–water partition coefficient (Wildman–Crippen LogP) is 3.52. The van der Waals surface area contributed by atoms with Crippen LogP contribution in [0.15, 0.2) is 66.9 Å². The van der Waals surface area contributed by atoms with Gasteiger partial charge in [-0.15, -0.1) is 0 Å². The van der Waals surface area contributed by atoms with Crippen LogP contribution >= 0.6 is 0 Å². The zero-order valence-corrected chi connectivity index (χ0v) is 18.0. The van der Waals surface area contributed by atoms with Crippen molar-refractivity contribution in [1.29, 1.82) is 0 Å². The van der Waals surface area contributed by atoms with Gasteiger partial charge in [0.05, 0.1) is 23.2 Å². The summed E-state index contributed by atoms with van der Waals surface area (Å²) in [5, 5.41) is 18.9. The number of para-hydroxylation sites is 3. The fourth-order valence-electron chi connectivity index (χ4n) is 3.22. The number of benzene rings is 2. The fraction of sp³-hybridized carbons (Fsp3) is 0.130. The third-order valence-corrected chi connectivity index (χ3v) is 4.74. The summed E-state index contributed by atoms with van der Waals surface area (Å²) in [6.07, 6.45) is 1.27. The van der Waals surface area contributed by atoms with E-state index in [4.69, 9.17) is 9.47 Å². The van der Waals surface area contributed by atoms with E-state index >= 15 is 0 Å². The van der Waals surface area contributed by atoms with Gasteiger partial charge >= 0.3 is 11.7 Å². The summed E-state index contributed by atoms with van der Waals surface area (Å²) in [6, 6.07) is 16.7. The van der Waals surface area contributed by atoms with Gasteiger partial charge in [-0.3, -0.25) is 14.9 Å². The van der Waals surface area contributed by atoms with E-state index < -0.39 is 23.4 Å². The van der Waals surface area contributed by atoms with Gasteiger partial charge < -0.3 is 14.8 Å². The normalized spacial score (nSPS) is 10.6. The quantitative estimate of drug-likeness (QED) is 0.239. The average molecular weight is 461 g/mol. The number of nitrogens with one attached hydrogen (secondary N) is 1. The van der Waals surface area contributed by atoms with Crippen molar-refractivity contribution in [3.63, 3.8) is 0 Å². The number of anilines is 1. The number of pyridine rings is 1. The third-order valence-electron chi connectivity index (χ3n) is 4.74. The van der Waals surface area contributed by atoms with Crippen molar-refractivity contribution in [3.8, 4) is 11.6 Å². The monoisotopic (exact) mass is 461 g/mol. The molecule has 2 aromatic heterocycles. The summed E-state index contributed by atoms with van der Waals surface area (Å²) >= 11 is 0.